The van der Waals surface area contributed by atoms with Crippen molar-refractivity contribution in [3.8, 4) is 11.4 Å². The highest BCUT2D eigenvalue weighted by atomic mass is 35.5. The molecule has 7 nitrogen and oxygen atoms in total. The summed E-state index contributed by atoms with van der Waals surface area (Å²) in [6.45, 7) is 4.49. The molecule has 1 aliphatic rings. The molecule has 0 bridgehead atoms. The molecule has 1 aliphatic heterocycles. The van der Waals surface area contributed by atoms with E-state index >= 15 is 0 Å². The Morgan fingerprint density at radius 1 is 1.33 bits per heavy atom. The van der Waals surface area contributed by atoms with E-state index in [-0.39, 0.29) is 24.8 Å². The average molecular weight is 392 g/mol. The Balaban J connectivity index is 1.59. The molecule has 3 rings (SSSR count). The summed E-state index contributed by atoms with van der Waals surface area (Å²) in [4.78, 5) is 30.1. The van der Waals surface area contributed by atoms with Crippen molar-refractivity contribution in [2.45, 2.75) is 33.1 Å². The molecule has 8 heteroatoms. The molecule has 1 atom stereocenters. The highest BCUT2D eigenvalue weighted by Gasteiger charge is 2.48. The summed E-state index contributed by atoms with van der Waals surface area (Å²) in [6, 6.07) is 7.08. The van der Waals surface area contributed by atoms with Crippen LogP contribution in [-0.2, 0) is 16.0 Å². The van der Waals surface area contributed by atoms with Gasteiger partial charge in [-0.05, 0) is 36.6 Å². The second-order valence-electron chi connectivity index (χ2n) is 7.20. The highest BCUT2D eigenvalue weighted by Crippen LogP contribution is 2.38. The van der Waals surface area contributed by atoms with Crippen molar-refractivity contribution in [3.63, 3.8) is 0 Å². The summed E-state index contributed by atoms with van der Waals surface area (Å²) in [7, 11) is 0. The fraction of sp³-hybridized carbons (Fsp3) is 0.474. The minimum Gasteiger partial charge on any atom is -0.481 e. The van der Waals surface area contributed by atoms with E-state index in [4.69, 9.17) is 16.1 Å². The van der Waals surface area contributed by atoms with Crippen LogP contribution in [0.3, 0.4) is 0 Å². The average Bonchev–Trinajstić information content (AvgIpc) is 3.28. The molecule has 144 valence electrons. The largest absolute Gasteiger partial charge is 0.481 e. The number of carboxylic acids is 1. The second-order valence-corrected chi connectivity index (χ2v) is 7.64. The molecular weight excluding hydrogens is 370 g/mol. The number of hydrogen-bond acceptors (Lipinski definition) is 5. The Hall–Kier alpha value is -2.41. The first-order valence-corrected chi connectivity index (χ1v) is 9.29. The van der Waals surface area contributed by atoms with E-state index in [1.165, 1.54) is 0 Å². The molecule has 1 aromatic heterocycles. The van der Waals surface area contributed by atoms with Crippen LogP contribution in [0.1, 0.15) is 32.6 Å². The first-order chi connectivity index (χ1) is 12.8. The number of aromatic nitrogens is 2. The summed E-state index contributed by atoms with van der Waals surface area (Å²) in [5.74, 6) is -0.145. The highest BCUT2D eigenvalue weighted by molar-refractivity contribution is 6.30. The molecule has 1 fully saturated rings. The molecule has 1 N–H and O–H groups in total. The SMILES string of the molecule is CC(C)C1(C(=O)O)CCN(C(=O)CCc2nc(-c3ccc(Cl)cc3)no2)C1. The molecule has 0 radical (unpaired) electrons. The molecular formula is C19H22ClN3O4. The number of nitrogens with zero attached hydrogens (tertiary/aromatic N) is 3. The summed E-state index contributed by atoms with van der Waals surface area (Å²) in [6.07, 6.45) is 1.00. The van der Waals surface area contributed by atoms with E-state index in [9.17, 15) is 14.7 Å². The van der Waals surface area contributed by atoms with Crippen LogP contribution in [0.15, 0.2) is 28.8 Å². The predicted molar refractivity (Wildman–Crippen MR) is 99.2 cm³/mol. The van der Waals surface area contributed by atoms with E-state index < -0.39 is 11.4 Å². The minimum atomic E-state index is -0.859. The lowest BCUT2D eigenvalue weighted by Gasteiger charge is -2.28. The summed E-state index contributed by atoms with van der Waals surface area (Å²) >= 11 is 5.87. The van der Waals surface area contributed by atoms with Gasteiger partial charge in [0.2, 0.25) is 17.6 Å². The molecule has 0 saturated carbocycles. The van der Waals surface area contributed by atoms with Gasteiger partial charge in [0.05, 0.1) is 5.41 Å². The quantitative estimate of drug-likeness (QED) is 0.811. The Bertz CT molecular complexity index is 834. The second kappa shape index (κ2) is 7.68. The number of benzene rings is 1. The molecule has 1 saturated heterocycles. The van der Waals surface area contributed by atoms with Crippen LogP contribution in [0.5, 0.6) is 0 Å². The molecule has 27 heavy (non-hydrogen) atoms. The lowest BCUT2D eigenvalue weighted by molar-refractivity contribution is -0.151. The van der Waals surface area contributed by atoms with Gasteiger partial charge >= 0.3 is 5.97 Å². The maximum Gasteiger partial charge on any atom is 0.311 e. The number of aliphatic carboxylic acids is 1. The first kappa shape index (κ1) is 19.4. The number of carboxylic acid groups (broad SMARTS) is 1. The number of amides is 1. The standard InChI is InChI=1S/C19H22ClN3O4/c1-12(2)19(18(25)26)9-10-23(11-19)16(24)8-7-15-21-17(22-27-15)13-3-5-14(20)6-4-13/h3-6,12H,7-11H2,1-2H3,(H,25,26). The Kier molecular flexibility index (Phi) is 5.51. The van der Waals surface area contributed by atoms with Gasteiger partial charge in [-0.1, -0.05) is 30.6 Å². The van der Waals surface area contributed by atoms with Crippen molar-refractivity contribution in [1.82, 2.24) is 15.0 Å². The van der Waals surface area contributed by atoms with Crippen LogP contribution in [0.2, 0.25) is 5.02 Å². The number of halogens is 1. The van der Waals surface area contributed by atoms with E-state index in [2.05, 4.69) is 10.1 Å². The number of carbonyl (C=O) groups excluding carboxylic acids is 1. The third-order valence-electron chi connectivity index (χ3n) is 5.31. The van der Waals surface area contributed by atoms with Crippen molar-refractivity contribution in [2.24, 2.45) is 11.3 Å². The van der Waals surface area contributed by atoms with Gasteiger partial charge in [-0.3, -0.25) is 9.59 Å². The molecule has 2 heterocycles. The van der Waals surface area contributed by atoms with Gasteiger partial charge in [-0.15, -0.1) is 0 Å². The van der Waals surface area contributed by atoms with Gasteiger partial charge in [0.1, 0.15) is 0 Å². The van der Waals surface area contributed by atoms with Crippen molar-refractivity contribution in [3.05, 3.63) is 35.2 Å². The lowest BCUT2D eigenvalue weighted by Crippen LogP contribution is -2.40. The van der Waals surface area contributed by atoms with Crippen molar-refractivity contribution < 1.29 is 19.2 Å². The normalized spacial score (nSPS) is 19.6. The van der Waals surface area contributed by atoms with Crippen LogP contribution >= 0.6 is 11.6 Å². The summed E-state index contributed by atoms with van der Waals surface area (Å²) in [5.41, 5.74) is -0.0783. The molecule has 0 aliphatic carbocycles. The van der Waals surface area contributed by atoms with Gasteiger partial charge < -0.3 is 14.5 Å². The van der Waals surface area contributed by atoms with Crippen molar-refractivity contribution in [1.29, 1.82) is 0 Å². The molecule has 1 unspecified atom stereocenters. The maximum atomic E-state index is 12.5. The van der Waals surface area contributed by atoms with E-state index in [0.29, 0.717) is 36.1 Å². The van der Waals surface area contributed by atoms with Crippen molar-refractivity contribution >= 4 is 23.5 Å². The van der Waals surface area contributed by atoms with Gasteiger partial charge in [0, 0.05) is 36.5 Å². The Labute approximate surface area is 162 Å². The molecule has 1 amide bonds. The minimum absolute atomic E-state index is 0.0364. The first-order valence-electron chi connectivity index (χ1n) is 8.91. The van der Waals surface area contributed by atoms with E-state index in [0.717, 1.165) is 5.56 Å². The van der Waals surface area contributed by atoms with Crippen molar-refractivity contribution in [2.75, 3.05) is 13.1 Å². The third kappa shape index (κ3) is 3.98. The monoisotopic (exact) mass is 391 g/mol. The zero-order chi connectivity index (χ0) is 19.6. The van der Waals surface area contributed by atoms with Gasteiger partial charge in [0.15, 0.2) is 0 Å². The number of rotatable bonds is 6. The summed E-state index contributed by atoms with van der Waals surface area (Å²) in [5, 5.41) is 14.1. The van der Waals surface area contributed by atoms with Gasteiger partial charge in [-0.2, -0.15) is 4.98 Å². The Morgan fingerprint density at radius 3 is 2.63 bits per heavy atom. The number of likely N-dealkylation sites (tertiary alicyclic amines) is 1. The number of aryl methyl sites for hydroxylation is 1. The van der Waals surface area contributed by atoms with Crippen LogP contribution in [0.4, 0.5) is 0 Å². The summed E-state index contributed by atoms with van der Waals surface area (Å²) < 4.78 is 5.22. The zero-order valence-electron chi connectivity index (χ0n) is 15.3. The molecule has 1 aromatic carbocycles. The maximum absolute atomic E-state index is 12.5. The van der Waals surface area contributed by atoms with Gasteiger partial charge in [-0.25, -0.2) is 0 Å². The zero-order valence-corrected chi connectivity index (χ0v) is 16.1. The Morgan fingerprint density at radius 2 is 2.04 bits per heavy atom. The fourth-order valence-corrected chi connectivity index (χ4v) is 3.51. The smallest absolute Gasteiger partial charge is 0.311 e. The topological polar surface area (TPSA) is 96.5 Å². The third-order valence-corrected chi connectivity index (χ3v) is 5.56. The van der Waals surface area contributed by atoms with E-state index in [1.54, 1.807) is 29.2 Å². The van der Waals surface area contributed by atoms with Crippen LogP contribution in [0.25, 0.3) is 11.4 Å². The number of hydrogen-bond donors (Lipinski definition) is 1. The fourth-order valence-electron chi connectivity index (χ4n) is 3.38. The van der Waals surface area contributed by atoms with E-state index in [1.807, 2.05) is 13.8 Å². The molecule has 2 aromatic rings. The van der Waals surface area contributed by atoms with Crippen LogP contribution < -0.4 is 0 Å². The lowest BCUT2D eigenvalue weighted by atomic mass is 9.76. The predicted octanol–water partition coefficient (Wildman–Crippen LogP) is 3.28. The van der Waals surface area contributed by atoms with Gasteiger partial charge in [0.25, 0.3) is 0 Å². The van der Waals surface area contributed by atoms with Crippen LogP contribution in [0, 0.1) is 11.3 Å². The number of carbonyl (C=O) groups is 2. The van der Waals surface area contributed by atoms with Crippen LogP contribution in [-0.4, -0.2) is 45.1 Å². The molecule has 0 spiro atoms.